The second kappa shape index (κ2) is 15.5. The zero-order chi connectivity index (χ0) is 17.4. The molecule has 0 aliphatic rings. The molecule has 6 heteroatoms. The van der Waals surface area contributed by atoms with Gasteiger partial charge in [-0.2, -0.15) is 0 Å². The summed E-state index contributed by atoms with van der Waals surface area (Å²) in [6.45, 7) is 4.22. The van der Waals surface area contributed by atoms with E-state index in [2.05, 4.69) is 6.92 Å². The molecule has 0 aromatic heterocycles. The average Bonchev–Trinajstić information content (AvgIpc) is 2.58. The van der Waals surface area contributed by atoms with Crippen molar-refractivity contribution in [3.63, 3.8) is 0 Å². The molecule has 1 atom stereocenters. The molecule has 0 amide bonds. The van der Waals surface area contributed by atoms with Crippen LogP contribution < -0.4 is 0 Å². The Balaban J connectivity index is 3.77. The lowest BCUT2D eigenvalue weighted by Gasteiger charge is -2.26. The van der Waals surface area contributed by atoms with Gasteiger partial charge in [0.25, 0.3) is 0 Å². The summed E-state index contributed by atoms with van der Waals surface area (Å²) in [5, 5.41) is 0. The molecule has 0 aromatic rings. The van der Waals surface area contributed by atoms with E-state index >= 15 is 0 Å². The highest BCUT2D eigenvalue weighted by Crippen LogP contribution is 2.19. The van der Waals surface area contributed by atoms with Gasteiger partial charge in [0.1, 0.15) is 6.79 Å². The van der Waals surface area contributed by atoms with Gasteiger partial charge in [-0.05, 0) is 13.3 Å². The van der Waals surface area contributed by atoms with Gasteiger partial charge in [-0.3, -0.25) is 0 Å². The fourth-order valence-electron chi connectivity index (χ4n) is 2.42. The zero-order valence-corrected chi connectivity index (χ0v) is 16.9. The van der Waals surface area contributed by atoms with E-state index < -0.39 is 8.80 Å². The number of hydrogen-bond acceptors (Lipinski definition) is 5. The van der Waals surface area contributed by atoms with E-state index in [1.165, 1.54) is 51.4 Å². The predicted molar refractivity (Wildman–Crippen MR) is 95.3 cm³/mol. The minimum Gasteiger partial charge on any atom is -0.377 e. The van der Waals surface area contributed by atoms with Crippen LogP contribution in [0.1, 0.15) is 71.6 Å². The van der Waals surface area contributed by atoms with E-state index in [4.69, 9.17) is 22.8 Å². The van der Waals surface area contributed by atoms with Crippen molar-refractivity contribution < 1.29 is 22.8 Å². The van der Waals surface area contributed by atoms with Crippen molar-refractivity contribution in [2.45, 2.75) is 84.0 Å². The summed E-state index contributed by atoms with van der Waals surface area (Å²) in [6, 6.07) is 0.834. The molecule has 0 bridgehead atoms. The first-order valence-corrected chi connectivity index (χ1v) is 11.0. The van der Waals surface area contributed by atoms with Crippen molar-refractivity contribution in [2.75, 3.05) is 28.1 Å². The van der Waals surface area contributed by atoms with Crippen LogP contribution in [-0.2, 0) is 22.8 Å². The first-order chi connectivity index (χ1) is 11.1. The van der Waals surface area contributed by atoms with Crippen LogP contribution in [0, 0.1) is 0 Å². The lowest BCUT2D eigenvalue weighted by molar-refractivity contribution is -0.161. The van der Waals surface area contributed by atoms with Crippen LogP contribution in [0.2, 0.25) is 6.04 Å². The molecule has 0 heterocycles. The molecule has 0 aromatic carbocycles. The van der Waals surface area contributed by atoms with Crippen LogP contribution >= 0.6 is 0 Å². The lowest BCUT2D eigenvalue weighted by Crippen LogP contribution is -2.44. The number of hydrogen-bond donors (Lipinski definition) is 0. The second-order valence-corrected chi connectivity index (χ2v) is 8.87. The summed E-state index contributed by atoms with van der Waals surface area (Å²) < 4.78 is 27.3. The smallest absolute Gasteiger partial charge is 0.377 e. The first-order valence-electron chi connectivity index (χ1n) is 9.02. The van der Waals surface area contributed by atoms with Gasteiger partial charge in [0.15, 0.2) is 6.29 Å². The van der Waals surface area contributed by atoms with Crippen LogP contribution in [0.25, 0.3) is 0 Å². The number of methoxy groups -OCH3 is 1. The standard InChI is InChI=1S/C17H38O5Si/c1-6-7-8-9-10-11-12-13-14-15-23(19-4,20-5)22-16-21-17(2)18-3/h17H,6-16H2,1-5H3. The highest BCUT2D eigenvalue weighted by atomic mass is 28.4. The maximum atomic E-state index is 5.76. The largest absolute Gasteiger partial charge is 0.502 e. The van der Waals surface area contributed by atoms with E-state index in [-0.39, 0.29) is 13.1 Å². The van der Waals surface area contributed by atoms with E-state index in [1.54, 1.807) is 21.3 Å². The molecule has 0 fully saturated rings. The van der Waals surface area contributed by atoms with Gasteiger partial charge < -0.3 is 22.8 Å². The fraction of sp³-hybridized carbons (Fsp3) is 1.00. The molecule has 23 heavy (non-hydrogen) atoms. The van der Waals surface area contributed by atoms with Crippen molar-refractivity contribution >= 4 is 8.80 Å². The van der Waals surface area contributed by atoms with Gasteiger partial charge in [-0.15, -0.1) is 0 Å². The van der Waals surface area contributed by atoms with E-state index in [1.807, 2.05) is 6.92 Å². The van der Waals surface area contributed by atoms with Crippen molar-refractivity contribution in [1.29, 1.82) is 0 Å². The zero-order valence-electron chi connectivity index (χ0n) is 15.9. The Morgan fingerprint density at radius 3 is 1.78 bits per heavy atom. The third-order valence-electron chi connectivity index (χ3n) is 4.12. The fourth-order valence-corrected chi connectivity index (χ4v) is 4.30. The van der Waals surface area contributed by atoms with Crippen molar-refractivity contribution in [2.24, 2.45) is 0 Å². The summed E-state index contributed by atoms with van der Waals surface area (Å²) in [5.41, 5.74) is 0. The Morgan fingerprint density at radius 2 is 1.30 bits per heavy atom. The topological polar surface area (TPSA) is 46.2 Å². The Kier molecular flexibility index (Phi) is 15.6. The maximum absolute atomic E-state index is 5.76. The Hall–Kier alpha value is 0.0169. The molecule has 5 nitrogen and oxygen atoms in total. The molecule has 140 valence electrons. The maximum Gasteiger partial charge on any atom is 0.502 e. The second-order valence-electron chi connectivity index (χ2n) is 5.90. The van der Waals surface area contributed by atoms with Crippen LogP contribution in [0.4, 0.5) is 0 Å². The lowest BCUT2D eigenvalue weighted by atomic mass is 10.1. The third kappa shape index (κ3) is 12.1. The highest BCUT2D eigenvalue weighted by Gasteiger charge is 2.38. The summed E-state index contributed by atoms with van der Waals surface area (Å²) >= 11 is 0. The average molecular weight is 351 g/mol. The van der Waals surface area contributed by atoms with Crippen LogP contribution in [-0.4, -0.2) is 43.2 Å². The van der Waals surface area contributed by atoms with Crippen molar-refractivity contribution in [3.05, 3.63) is 0 Å². The SMILES string of the molecule is CCCCCCCCCCC[Si](OC)(OC)OCOC(C)OC. The summed E-state index contributed by atoms with van der Waals surface area (Å²) in [7, 11) is 2.32. The van der Waals surface area contributed by atoms with Crippen LogP contribution in [0.15, 0.2) is 0 Å². The number of ether oxygens (including phenoxy) is 2. The molecule has 0 spiro atoms. The van der Waals surface area contributed by atoms with Crippen molar-refractivity contribution in [3.8, 4) is 0 Å². The summed E-state index contributed by atoms with van der Waals surface area (Å²) in [4.78, 5) is 0. The van der Waals surface area contributed by atoms with Crippen molar-refractivity contribution in [1.82, 2.24) is 0 Å². The third-order valence-corrected chi connectivity index (χ3v) is 6.89. The van der Waals surface area contributed by atoms with Gasteiger partial charge in [-0.1, -0.05) is 58.3 Å². The van der Waals surface area contributed by atoms with Gasteiger partial charge in [-0.25, -0.2) is 0 Å². The molecule has 0 aliphatic heterocycles. The number of unbranched alkanes of at least 4 members (excludes halogenated alkanes) is 8. The van der Waals surface area contributed by atoms with Crippen LogP contribution in [0.5, 0.6) is 0 Å². The molecule has 0 saturated heterocycles. The van der Waals surface area contributed by atoms with Crippen LogP contribution in [0.3, 0.4) is 0 Å². The number of rotatable bonds is 17. The molecule has 0 radical (unpaired) electrons. The van der Waals surface area contributed by atoms with E-state index in [9.17, 15) is 0 Å². The Bertz CT molecular complexity index is 249. The normalized spacial score (nSPS) is 13.4. The van der Waals surface area contributed by atoms with E-state index in [0.29, 0.717) is 0 Å². The summed E-state index contributed by atoms with van der Waals surface area (Å²) in [5.74, 6) is 0. The van der Waals surface area contributed by atoms with E-state index in [0.717, 1.165) is 12.5 Å². The Labute approximate surface area is 144 Å². The van der Waals surface area contributed by atoms with Gasteiger partial charge in [0, 0.05) is 27.4 Å². The minimum atomic E-state index is -2.59. The Morgan fingerprint density at radius 1 is 0.783 bits per heavy atom. The molecule has 0 saturated carbocycles. The molecule has 0 aliphatic carbocycles. The minimum absolute atomic E-state index is 0.139. The molecule has 0 rings (SSSR count). The predicted octanol–water partition coefficient (Wildman–Crippen LogP) is 4.73. The van der Waals surface area contributed by atoms with Gasteiger partial charge in [0.05, 0.1) is 0 Å². The summed E-state index contributed by atoms with van der Waals surface area (Å²) in [6.07, 6.45) is 11.4. The van der Waals surface area contributed by atoms with Gasteiger partial charge in [0.2, 0.25) is 0 Å². The molecule has 1 unspecified atom stereocenters. The van der Waals surface area contributed by atoms with Gasteiger partial charge >= 0.3 is 8.80 Å². The molecular weight excluding hydrogens is 312 g/mol. The quantitative estimate of drug-likeness (QED) is 0.215. The molecule has 0 N–H and O–H groups in total. The molecular formula is C17H38O5Si. The highest BCUT2D eigenvalue weighted by molar-refractivity contribution is 6.60. The monoisotopic (exact) mass is 350 g/mol. The first kappa shape index (κ1) is 23.0.